The largest absolute Gasteiger partial charge is 0.316 e. The van der Waals surface area contributed by atoms with Gasteiger partial charge in [-0.1, -0.05) is 44.2 Å². The Hall–Kier alpha value is -0.820. The molecule has 0 aromatic heterocycles. The molecule has 0 aliphatic heterocycles. The normalized spacial score (nSPS) is 22.7. The summed E-state index contributed by atoms with van der Waals surface area (Å²) >= 11 is 0. The second-order valence-corrected chi connectivity index (χ2v) is 5.33. The van der Waals surface area contributed by atoms with Crippen molar-refractivity contribution in [3.05, 3.63) is 35.9 Å². The summed E-state index contributed by atoms with van der Waals surface area (Å²) in [5, 5.41) is 3.55. The van der Waals surface area contributed by atoms with Gasteiger partial charge >= 0.3 is 0 Å². The van der Waals surface area contributed by atoms with E-state index in [1.165, 1.54) is 18.5 Å². The zero-order valence-electron chi connectivity index (χ0n) is 9.79. The molecule has 1 aliphatic carbocycles. The third-order valence-electron chi connectivity index (χ3n) is 3.54. The maximum Gasteiger partial charge on any atom is -0.000823 e. The van der Waals surface area contributed by atoms with Gasteiger partial charge in [0.25, 0.3) is 0 Å². The molecule has 82 valence electrons. The minimum Gasteiger partial charge on any atom is -0.316 e. The Morgan fingerprint density at radius 3 is 2.53 bits per heavy atom. The van der Waals surface area contributed by atoms with Crippen molar-refractivity contribution < 1.29 is 0 Å². The number of benzene rings is 1. The molecule has 1 aromatic carbocycles. The van der Waals surface area contributed by atoms with Gasteiger partial charge in [0, 0.05) is 0 Å². The number of nitrogens with one attached hydrogen (secondary N) is 1. The molecule has 0 heterocycles. The van der Waals surface area contributed by atoms with E-state index in [1.54, 1.807) is 0 Å². The molecule has 1 saturated carbocycles. The molecule has 1 nitrogen and oxygen atoms in total. The Kier molecular flexibility index (Phi) is 3.11. The molecule has 1 fully saturated rings. The van der Waals surface area contributed by atoms with Crippen molar-refractivity contribution in [3.63, 3.8) is 0 Å². The fourth-order valence-electron chi connectivity index (χ4n) is 2.08. The average Bonchev–Trinajstić information content (AvgIpc) is 2.83. The Balaban J connectivity index is 1.60. The van der Waals surface area contributed by atoms with E-state index in [0.717, 1.165) is 18.9 Å². The van der Waals surface area contributed by atoms with E-state index in [4.69, 9.17) is 0 Å². The molecule has 0 radical (unpaired) electrons. The van der Waals surface area contributed by atoms with Crippen LogP contribution < -0.4 is 5.32 Å². The first kappa shape index (κ1) is 10.7. The minimum absolute atomic E-state index is 0.611. The van der Waals surface area contributed by atoms with Crippen molar-refractivity contribution in [2.24, 2.45) is 11.3 Å². The highest BCUT2D eigenvalue weighted by Crippen LogP contribution is 2.50. The van der Waals surface area contributed by atoms with E-state index < -0.39 is 0 Å². The first-order valence-electron chi connectivity index (χ1n) is 5.93. The van der Waals surface area contributed by atoms with Crippen molar-refractivity contribution in [2.75, 3.05) is 13.1 Å². The standard InChI is InChI=1S/C14H21N/c1-14(2)10-13(14)11-15-9-8-12-6-4-3-5-7-12/h3-7,13,15H,8-11H2,1-2H3. The molecule has 15 heavy (non-hydrogen) atoms. The van der Waals surface area contributed by atoms with Crippen LogP contribution in [0.3, 0.4) is 0 Å². The highest BCUT2D eigenvalue weighted by molar-refractivity contribution is 5.14. The summed E-state index contributed by atoms with van der Waals surface area (Å²) in [6.45, 7) is 7.02. The summed E-state index contributed by atoms with van der Waals surface area (Å²) < 4.78 is 0. The van der Waals surface area contributed by atoms with Gasteiger partial charge in [0.1, 0.15) is 0 Å². The van der Waals surface area contributed by atoms with Crippen LogP contribution in [-0.4, -0.2) is 13.1 Å². The quantitative estimate of drug-likeness (QED) is 0.726. The molecular weight excluding hydrogens is 182 g/mol. The summed E-state index contributed by atoms with van der Waals surface area (Å²) in [6.07, 6.45) is 2.54. The third-order valence-corrected chi connectivity index (χ3v) is 3.54. The lowest BCUT2D eigenvalue weighted by Gasteiger charge is -2.06. The van der Waals surface area contributed by atoms with Gasteiger partial charge in [0.2, 0.25) is 0 Å². The van der Waals surface area contributed by atoms with E-state index >= 15 is 0 Å². The van der Waals surface area contributed by atoms with Gasteiger partial charge in [-0.2, -0.15) is 0 Å². The summed E-state index contributed by atoms with van der Waals surface area (Å²) in [6, 6.07) is 10.7. The number of hydrogen-bond acceptors (Lipinski definition) is 1. The van der Waals surface area contributed by atoms with Crippen molar-refractivity contribution in [2.45, 2.75) is 26.7 Å². The van der Waals surface area contributed by atoms with E-state index in [-0.39, 0.29) is 0 Å². The van der Waals surface area contributed by atoms with Crippen LogP contribution in [0.15, 0.2) is 30.3 Å². The van der Waals surface area contributed by atoms with Crippen LogP contribution in [0.5, 0.6) is 0 Å². The van der Waals surface area contributed by atoms with Gasteiger partial charge in [-0.05, 0) is 42.8 Å². The molecule has 1 aromatic rings. The van der Waals surface area contributed by atoms with Crippen LogP contribution in [0.4, 0.5) is 0 Å². The highest BCUT2D eigenvalue weighted by Gasteiger charge is 2.44. The fraction of sp³-hybridized carbons (Fsp3) is 0.571. The number of rotatable bonds is 5. The van der Waals surface area contributed by atoms with Crippen molar-refractivity contribution in [1.82, 2.24) is 5.32 Å². The second-order valence-electron chi connectivity index (χ2n) is 5.33. The zero-order valence-corrected chi connectivity index (χ0v) is 9.79. The summed E-state index contributed by atoms with van der Waals surface area (Å²) in [5.74, 6) is 0.910. The van der Waals surface area contributed by atoms with Crippen LogP contribution >= 0.6 is 0 Å². The van der Waals surface area contributed by atoms with Gasteiger partial charge in [-0.3, -0.25) is 0 Å². The molecule has 1 aliphatic rings. The molecule has 0 amide bonds. The second kappa shape index (κ2) is 4.36. The SMILES string of the molecule is CC1(C)CC1CNCCc1ccccc1. The molecule has 1 unspecified atom stereocenters. The van der Waals surface area contributed by atoms with Crippen molar-refractivity contribution in [1.29, 1.82) is 0 Å². The van der Waals surface area contributed by atoms with Crippen LogP contribution in [0.2, 0.25) is 0 Å². The van der Waals surface area contributed by atoms with Crippen molar-refractivity contribution >= 4 is 0 Å². The molecule has 0 saturated heterocycles. The first-order chi connectivity index (χ1) is 7.18. The smallest absolute Gasteiger partial charge is 0.000823 e. The van der Waals surface area contributed by atoms with Gasteiger partial charge in [0.15, 0.2) is 0 Å². The lowest BCUT2D eigenvalue weighted by atomic mass is 10.1. The predicted octanol–water partition coefficient (Wildman–Crippen LogP) is 2.86. The number of hydrogen-bond donors (Lipinski definition) is 1. The van der Waals surface area contributed by atoms with Crippen LogP contribution in [0.1, 0.15) is 25.8 Å². The Labute approximate surface area is 92.9 Å². The third kappa shape index (κ3) is 3.07. The summed E-state index contributed by atoms with van der Waals surface area (Å²) in [5.41, 5.74) is 2.04. The van der Waals surface area contributed by atoms with Crippen LogP contribution in [0, 0.1) is 11.3 Å². The first-order valence-corrected chi connectivity index (χ1v) is 5.93. The Bertz CT molecular complexity index is 302. The lowest BCUT2D eigenvalue weighted by Crippen LogP contribution is -2.21. The minimum atomic E-state index is 0.611. The van der Waals surface area contributed by atoms with Gasteiger partial charge < -0.3 is 5.32 Å². The maximum absolute atomic E-state index is 3.55. The van der Waals surface area contributed by atoms with E-state index in [2.05, 4.69) is 49.5 Å². The summed E-state index contributed by atoms with van der Waals surface area (Å²) in [7, 11) is 0. The molecule has 1 atom stereocenters. The predicted molar refractivity (Wildman–Crippen MR) is 64.9 cm³/mol. The van der Waals surface area contributed by atoms with Crippen LogP contribution in [0.25, 0.3) is 0 Å². The van der Waals surface area contributed by atoms with Gasteiger partial charge in [-0.25, -0.2) is 0 Å². The molecule has 1 heteroatoms. The maximum atomic E-state index is 3.55. The fourth-order valence-corrected chi connectivity index (χ4v) is 2.08. The van der Waals surface area contributed by atoms with Gasteiger partial charge in [-0.15, -0.1) is 0 Å². The molecule has 1 N–H and O–H groups in total. The molecular formula is C14H21N. The highest BCUT2D eigenvalue weighted by atomic mass is 14.9. The Morgan fingerprint density at radius 2 is 1.93 bits per heavy atom. The molecule has 0 spiro atoms. The van der Waals surface area contributed by atoms with E-state index in [1.807, 2.05) is 0 Å². The molecule has 2 rings (SSSR count). The van der Waals surface area contributed by atoms with E-state index in [9.17, 15) is 0 Å². The van der Waals surface area contributed by atoms with Gasteiger partial charge in [0.05, 0.1) is 0 Å². The molecule has 0 bridgehead atoms. The lowest BCUT2D eigenvalue weighted by molar-refractivity contribution is 0.521. The van der Waals surface area contributed by atoms with Crippen LogP contribution in [-0.2, 0) is 6.42 Å². The average molecular weight is 203 g/mol. The van der Waals surface area contributed by atoms with Crippen molar-refractivity contribution in [3.8, 4) is 0 Å². The topological polar surface area (TPSA) is 12.0 Å². The van der Waals surface area contributed by atoms with E-state index in [0.29, 0.717) is 5.41 Å². The zero-order chi connectivity index (χ0) is 10.7. The summed E-state index contributed by atoms with van der Waals surface area (Å²) in [4.78, 5) is 0. The Morgan fingerprint density at radius 1 is 1.27 bits per heavy atom. The monoisotopic (exact) mass is 203 g/mol.